The van der Waals surface area contributed by atoms with Crippen LogP contribution >= 0.6 is 0 Å². The summed E-state index contributed by atoms with van der Waals surface area (Å²) in [5.41, 5.74) is 6.43. The van der Waals surface area contributed by atoms with Crippen molar-refractivity contribution < 1.29 is 9.18 Å². The molecule has 174 valence electrons. The number of halogens is 1. The summed E-state index contributed by atoms with van der Waals surface area (Å²) in [6.45, 7) is 6.54. The van der Waals surface area contributed by atoms with Crippen molar-refractivity contribution in [2.75, 3.05) is 11.4 Å². The number of hydrogen-bond donors (Lipinski definition) is 2. The second-order valence-corrected chi connectivity index (χ2v) is 9.41. The van der Waals surface area contributed by atoms with Gasteiger partial charge in [-0.15, -0.1) is 0 Å². The molecule has 0 bridgehead atoms. The first-order valence-electron chi connectivity index (χ1n) is 11.6. The van der Waals surface area contributed by atoms with E-state index < -0.39 is 5.41 Å². The van der Waals surface area contributed by atoms with Gasteiger partial charge in [0.2, 0.25) is 5.91 Å². The molecule has 1 amide bonds. The maximum absolute atomic E-state index is 13.4. The van der Waals surface area contributed by atoms with E-state index in [0.717, 1.165) is 50.0 Å². The molecule has 3 heterocycles. The topological polar surface area (TPSA) is 77.7 Å². The minimum absolute atomic E-state index is 0.114. The molecule has 0 unspecified atom stereocenters. The summed E-state index contributed by atoms with van der Waals surface area (Å²) in [4.78, 5) is 22.9. The number of amides is 1. The van der Waals surface area contributed by atoms with E-state index in [0.29, 0.717) is 12.4 Å². The predicted molar refractivity (Wildman–Crippen MR) is 138 cm³/mol. The summed E-state index contributed by atoms with van der Waals surface area (Å²) in [6, 6.07) is 16.5. The molecule has 0 aliphatic carbocycles. The van der Waals surface area contributed by atoms with Gasteiger partial charge in [-0.2, -0.15) is 5.10 Å². The standard InChI is InChI=1S/C28H24FN5O/c1-4-34-24-15-23-22(14-20(24)28(2,3)27(34)35)30-26(31-23)25-19-11-10-17(13-21(19)32-33-25)9-8-16-6-5-7-18(29)12-16/h5-15H,4H2,1-3H3,(H,30,31)(H,32,33)/b9-8+. The van der Waals surface area contributed by atoms with E-state index in [2.05, 4.69) is 15.2 Å². The third kappa shape index (κ3) is 3.34. The highest BCUT2D eigenvalue weighted by molar-refractivity contribution is 6.09. The van der Waals surface area contributed by atoms with Crippen molar-refractivity contribution in [2.45, 2.75) is 26.2 Å². The molecular formula is C28H24FN5O. The number of carbonyl (C=O) groups excluding carboxylic acids is 1. The number of likely N-dealkylation sites (N-methyl/N-ethyl adjacent to an activating group) is 1. The van der Waals surface area contributed by atoms with Crippen LogP contribution in [0.25, 0.3) is 45.6 Å². The van der Waals surface area contributed by atoms with Gasteiger partial charge in [-0.05, 0) is 73.9 Å². The first-order valence-corrected chi connectivity index (χ1v) is 11.6. The molecule has 0 saturated carbocycles. The van der Waals surface area contributed by atoms with Crippen LogP contribution in [0.3, 0.4) is 0 Å². The molecule has 2 N–H and O–H groups in total. The summed E-state index contributed by atoms with van der Waals surface area (Å²) >= 11 is 0. The Hall–Kier alpha value is -4.26. The van der Waals surface area contributed by atoms with Crippen LogP contribution in [0.4, 0.5) is 10.1 Å². The number of nitrogens with one attached hydrogen (secondary N) is 2. The molecule has 3 aromatic carbocycles. The van der Waals surface area contributed by atoms with Crippen molar-refractivity contribution in [1.82, 2.24) is 20.2 Å². The highest BCUT2D eigenvalue weighted by Gasteiger charge is 2.43. The number of fused-ring (bicyclic) bond motifs is 3. The molecule has 2 aromatic heterocycles. The predicted octanol–water partition coefficient (Wildman–Crippen LogP) is 6.06. The Balaban J connectivity index is 1.37. The second-order valence-electron chi connectivity index (χ2n) is 9.41. The summed E-state index contributed by atoms with van der Waals surface area (Å²) in [7, 11) is 0. The fraction of sp³-hybridized carbons (Fsp3) is 0.179. The number of anilines is 1. The van der Waals surface area contributed by atoms with Crippen molar-refractivity contribution in [2.24, 2.45) is 0 Å². The lowest BCUT2D eigenvalue weighted by molar-refractivity contribution is -0.122. The van der Waals surface area contributed by atoms with Crippen molar-refractivity contribution in [3.63, 3.8) is 0 Å². The first-order chi connectivity index (χ1) is 16.8. The van der Waals surface area contributed by atoms with Gasteiger partial charge in [-0.3, -0.25) is 9.89 Å². The minimum Gasteiger partial charge on any atom is -0.337 e. The first kappa shape index (κ1) is 21.3. The van der Waals surface area contributed by atoms with Crippen LogP contribution in [0.5, 0.6) is 0 Å². The van der Waals surface area contributed by atoms with E-state index >= 15 is 0 Å². The smallest absolute Gasteiger partial charge is 0.237 e. The van der Waals surface area contributed by atoms with Gasteiger partial charge in [0, 0.05) is 11.9 Å². The van der Waals surface area contributed by atoms with Crippen LogP contribution < -0.4 is 4.90 Å². The van der Waals surface area contributed by atoms with E-state index in [4.69, 9.17) is 4.98 Å². The Labute approximate surface area is 201 Å². The average molecular weight is 466 g/mol. The maximum Gasteiger partial charge on any atom is 0.237 e. The molecular weight excluding hydrogens is 441 g/mol. The zero-order valence-corrected chi connectivity index (χ0v) is 19.7. The fourth-order valence-corrected chi connectivity index (χ4v) is 4.88. The van der Waals surface area contributed by atoms with Crippen molar-refractivity contribution >= 4 is 45.7 Å². The van der Waals surface area contributed by atoms with Gasteiger partial charge in [-0.25, -0.2) is 9.37 Å². The Morgan fingerprint density at radius 3 is 2.60 bits per heavy atom. The molecule has 7 heteroatoms. The van der Waals surface area contributed by atoms with Crippen molar-refractivity contribution in [3.8, 4) is 11.5 Å². The number of imidazole rings is 1. The lowest BCUT2D eigenvalue weighted by Gasteiger charge is -2.18. The monoisotopic (exact) mass is 465 g/mol. The molecule has 35 heavy (non-hydrogen) atoms. The number of carbonyl (C=O) groups is 1. The van der Waals surface area contributed by atoms with Crippen LogP contribution in [0.15, 0.2) is 54.6 Å². The normalized spacial score (nSPS) is 15.1. The van der Waals surface area contributed by atoms with Gasteiger partial charge < -0.3 is 9.88 Å². The Morgan fingerprint density at radius 2 is 1.83 bits per heavy atom. The maximum atomic E-state index is 13.4. The highest BCUT2D eigenvalue weighted by Crippen LogP contribution is 2.43. The number of rotatable bonds is 4. The second kappa shape index (κ2) is 7.63. The van der Waals surface area contributed by atoms with Crippen LogP contribution in [-0.2, 0) is 10.2 Å². The molecule has 0 fully saturated rings. The summed E-state index contributed by atoms with van der Waals surface area (Å²) in [5.74, 6) is 0.531. The van der Waals surface area contributed by atoms with Gasteiger partial charge >= 0.3 is 0 Å². The van der Waals surface area contributed by atoms with Crippen LogP contribution in [0.2, 0.25) is 0 Å². The number of hydrogen-bond acceptors (Lipinski definition) is 3. The van der Waals surface area contributed by atoms with E-state index in [1.807, 2.05) is 74.2 Å². The Bertz CT molecular complexity index is 1660. The molecule has 0 radical (unpaired) electrons. The van der Waals surface area contributed by atoms with Gasteiger partial charge in [-0.1, -0.05) is 30.4 Å². The molecule has 6 nitrogen and oxygen atoms in total. The van der Waals surface area contributed by atoms with Crippen LogP contribution in [-0.4, -0.2) is 32.6 Å². The largest absolute Gasteiger partial charge is 0.337 e. The van der Waals surface area contributed by atoms with E-state index in [1.54, 1.807) is 6.07 Å². The summed E-state index contributed by atoms with van der Waals surface area (Å²) < 4.78 is 13.4. The molecule has 0 saturated heterocycles. The fourth-order valence-electron chi connectivity index (χ4n) is 4.88. The highest BCUT2D eigenvalue weighted by atomic mass is 19.1. The quantitative estimate of drug-likeness (QED) is 0.317. The number of benzene rings is 3. The van der Waals surface area contributed by atoms with E-state index in [-0.39, 0.29) is 11.7 Å². The van der Waals surface area contributed by atoms with E-state index in [1.165, 1.54) is 12.1 Å². The summed E-state index contributed by atoms with van der Waals surface area (Å²) in [6.07, 6.45) is 3.83. The number of aromatic amines is 2. The molecule has 0 spiro atoms. The minimum atomic E-state index is -0.576. The number of H-pyrrole nitrogens is 2. The van der Waals surface area contributed by atoms with E-state index in [9.17, 15) is 9.18 Å². The van der Waals surface area contributed by atoms with Crippen molar-refractivity contribution in [1.29, 1.82) is 0 Å². The lowest BCUT2D eigenvalue weighted by atomic mass is 9.86. The zero-order valence-electron chi connectivity index (χ0n) is 19.7. The van der Waals surface area contributed by atoms with Gasteiger partial charge in [0.05, 0.1) is 27.7 Å². The lowest BCUT2D eigenvalue weighted by Crippen LogP contribution is -2.35. The van der Waals surface area contributed by atoms with Gasteiger partial charge in [0.1, 0.15) is 11.5 Å². The summed E-state index contributed by atoms with van der Waals surface area (Å²) in [5, 5.41) is 8.58. The third-order valence-electron chi connectivity index (χ3n) is 6.79. The van der Waals surface area contributed by atoms with Crippen LogP contribution in [0, 0.1) is 5.82 Å². The van der Waals surface area contributed by atoms with Gasteiger partial charge in [0.25, 0.3) is 0 Å². The zero-order chi connectivity index (χ0) is 24.3. The molecule has 1 aliphatic rings. The average Bonchev–Trinajstić information content (AvgIpc) is 3.49. The molecule has 0 atom stereocenters. The SMILES string of the molecule is CCN1C(=O)C(C)(C)c2cc3nc(-c4n[nH]c5cc(/C=C/c6cccc(F)c6)ccc45)[nH]c3cc21. The Morgan fingerprint density at radius 1 is 1.03 bits per heavy atom. The van der Waals surface area contributed by atoms with Crippen LogP contribution in [0.1, 0.15) is 37.5 Å². The number of aromatic nitrogens is 4. The molecule has 5 aromatic rings. The number of nitrogens with zero attached hydrogens (tertiary/aromatic N) is 3. The third-order valence-corrected chi connectivity index (χ3v) is 6.79. The molecule has 6 rings (SSSR count). The molecule has 1 aliphatic heterocycles. The van der Waals surface area contributed by atoms with Gasteiger partial charge in [0.15, 0.2) is 5.82 Å². The Kier molecular flexibility index (Phi) is 4.64. The van der Waals surface area contributed by atoms with Crippen molar-refractivity contribution in [3.05, 3.63) is 77.1 Å².